The van der Waals surface area contributed by atoms with E-state index in [4.69, 9.17) is 4.74 Å². The molecule has 1 aromatic rings. The SMILES string of the molecule is Bc1cc(F)c(OC2(B)C(B)(B)NC2(B)C)c(F)c1F. The minimum atomic E-state index is -1.28. The summed E-state index contributed by atoms with van der Waals surface area (Å²) in [5, 5.41) is 2.78. The number of hydrogen-bond donors (Lipinski definition) is 1. The van der Waals surface area contributed by atoms with Crippen LogP contribution in [0, 0.1) is 17.5 Å². The van der Waals surface area contributed by atoms with Crippen LogP contribution in [0.2, 0.25) is 0 Å². The minimum absolute atomic E-state index is 0.0808. The molecule has 1 aromatic carbocycles. The number of halogens is 3. The summed E-state index contributed by atoms with van der Waals surface area (Å²) in [6.45, 7) is 1.87. The Morgan fingerprint density at radius 3 is 2.10 bits per heavy atom. The summed E-state index contributed by atoms with van der Waals surface area (Å²) in [6.07, 6.45) is 0. The highest BCUT2D eigenvalue weighted by atomic mass is 19.2. The summed E-state index contributed by atoms with van der Waals surface area (Å²) in [6, 6.07) is 0.948. The average Bonchev–Trinajstić information content (AvgIpc) is 2.30. The molecule has 20 heavy (non-hydrogen) atoms. The number of ether oxygens (including phenoxy) is 1. The molecule has 1 heterocycles. The van der Waals surface area contributed by atoms with Gasteiger partial charge in [0.15, 0.2) is 25.2 Å². The lowest BCUT2D eigenvalue weighted by Crippen LogP contribution is -2.93. The van der Waals surface area contributed by atoms with E-state index < -0.39 is 39.5 Å². The zero-order valence-corrected chi connectivity index (χ0v) is 12.6. The third-order valence-corrected chi connectivity index (χ3v) is 4.61. The normalized spacial score (nSPS) is 31.6. The summed E-state index contributed by atoms with van der Waals surface area (Å²) < 4.78 is 47.1. The molecule has 0 spiro atoms. The van der Waals surface area contributed by atoms with Gasteiger partial charge in [-0.25, -0.2) is 8.78 Å². The Labute approximate surface area is 121 Å². The predicted octanol–water partition coefficient (Wildman–Crippen LogP) is -4.06. The van der Waals surface area contributed by atoms with Gasteiger partial charge >= 0.3 is 0 Å². The third-order valence-electron chi connectivity index (χ3n) is 4.61. The maximum Gasteiger partial charge on any atom is 0.203 e. The quantitative estimate of drug-likeness (QED) is 0.438. The van der Waals surface area contributed by atoms with Gasteiger partial charge in [-0.2, -0.15) is 4.39 Å². The molecular weight excluding hydrogens is 261 g/mol. The Morgan fingerprint density at radius 1 is 1.10 bits per heavy atom. The van der Waals surface area contributed by atoms with Gasteiger partial charge in [0.05, 0.1) is 5.50 Å². The summed E-state index contributed by atoms with van der Waals surface area (Å²) in [5.74, 6) is -3.89. The maximum absolute atomic E-state index is 14.0. The number of hydrogen-bond acceptors (Lipinski definition) is 2. The number of nitrogens with one attached hydrogen (secondary N) is 1. The Morgan fingerprint density at radius 2 is 1.65 bits per heavy atom. The van der Waals surface area contributed by atoms with Crippen LogP contribution in [0.25, 0.3) is 0 Å². The molecule has 0 amide bonds. The van der Waals surface area contributed by atoms with Crippen molar-refractivity contribution in [2.24, 2.45) is 0 Å². The van der Waals surface area contributed by atoms with Gasteiger partial charge in [0.25, 0.3) is 0 Å². The summed E-state index contributed by atoms with van der Waals surface area (Å²) >= 11 is 0. The fourth-order valence-electron chi connectivity index (χ4n) is 2.99. The van der Waals surface area contributed by atoms with Crippen molar-refractivity contribution >= 4 is 44.7 Å². The van der Waals surface area contributed by atoms with Crippen LogP contribution in [0.5, 0.6) is 5.75 Å². The van der Waals surface area contributed by atoms with Crippen molar-refractivity contribution in [1.82, 2.24) is 5.32 Å². The van der Waals surface area contributed by atoms with Gasteiger partial charge in [-0.05, 0) is 16.9 Å². The standard InChI is InChI=1S/C10H15B5F3NO/c1-8(12)9(13,10(14,15)19-8)20-7-4(16)2-3(11)5(17)6(7)18/h2,19H,11-15H2,1H3. The van der Waals surface area contributed by atoms with Crippen molar-refractivity contribution in [2.45, 2.75) is 23.2 Å². The number of rotatable bonds is 2. The third kappa shape index (κ3) is 1.91. The molecule has 1 N–H and O–H groups in total. The summed E-state index contributed by atoms with van der Waals surface area (Å²) in [5.41, 5.74) is -1.44. The van der Waals surface area contributed by atoms with Crippen LogP contribution in [0.3, 0.4) is 0 Å². The van der Waals surface area contributed by atoms with Crippen LogP contribution in [-0.2, 0) is 0 Å². The first-order valence-electron chi connectivity index (χ1n) is 6.55. The van der Waals surface area contributed by atoms with Gasteiger partial charge in [-0.3, -0.25) is 0 Å². The molecule has 1 fully saturated rings. The van der Waals surface area contributed by atoms with E-state index in [0.29, 0.717) is 0 Å². The van der Waals surface area contributed by atoms with Gasteiger partial charge in [-0.1, -0.05) is 6.92 Å². The second kappa shape index (κ2) is 4.29. The van der Waals surface area contributed by atoms with Gasteiger partial charge in [0.2, 0.25) is 5.82 Å². The molecule has 0 radical (unpaired) electrons. The molecule has 2 unspecified atom stereocenters. The zero-order valence-electron chi connectivity index (χ0n) is 12.6. The van der Waals surface area contributed by atoms with Crippen molar-refractivity contribution < 1.29 is 17.9 Å². The first-order chi connectivity index (χ1) is 8.93. The molecule has 102 valence electrons. The van der Waals surface area contributed by atoms with Crippen molar-refractivity contribution in [3.05, 3.63) is 23.5 Å². The van der Waals surface area contributed by atoms with E-state index in [-0.39, 0.29) is 5.46 Å². The van der Waals surface area contributed by atoms with Gasteiger partial charge in [0.1, 0.15) is 31.4 Å². The first-order valence-corrected chi connectivity index (χ1v) is 6.55. The van der Waals surface area contributed by atoms with Crippen LogP contribution in [0.4, 0.5) is 13.2 Å². The molecule has 0 bridgehead atoms. The lowest BCUT2D eigenvalue weighted by molar-refractivity contribution is -0.0175. The predicted molar refractivity (Wildman–Crippen MR) is 86.3 cm³/mol. The average molecular weight is 276 g/mol. The fraction of sp³-hybridized carbons (Fsp3) is 0.400. The summed E-state index contributed by atoms with van der Waals surface area (Å²) in [4.78, 5) is 0. The molecule has 2 rings (SSSR count). The molecular formula is C10H15B5F3NO. The highest BCUT2D eigenvalue weighted by Crippen LogP contribution is 2.41. The monoisotopic (exact) mass is 277 g/mol. The lowest BCUT2D eigenvalue weighted by atomic mass is 9.32. The highest BCUT2D eigenvalue weighted by Gasteiger charge is 2.63. The second-order valence-electron chi connectivity index (χ2n) is 6.64. The zero-order chi connectivity index (χ0) is 15.5. The van der Waals surface area contributed by atoms with Crippen LogP contribution in [0.1, 0.15) is 6.92 Å². The van der Waals surface area contributed by atoms with Gasteiger partial charge < -0.3 is 10.1 Å². The molecule has 1 aliphatic rings. The van der Waals surface area contributed by atoms with E-state index in [2.05, 4.69) is 5.32 Å². The Bertz CT molecular complexity index is 567. The molecule has 1 saturated heterocycles. The van der Waals surface area contributed by atoms with E-state index in [0.717, 1.165) is 6.07 Å². The van der Waals surface area contributed by atoms with Gasteiger partial charge in [-0.15, -0.1) is 0 Å². The van der Waals surface area contributed by atoms with E-state index in [9.17, 15) is 13.2 Å². The lowest BCUT2D eigenvalue weighted by Gasteiger charge is -2.67. The molecule has 0 aliphatic carbocycles. The van der Waals surface area contributed by atoms with E-state index in [1.807, 2.05) is 30.5 Å². The maximum atomic E-state index is 14.0. The van der Waals surface area contributed by atoms with Gasteiger partial charge in [0, 0.05) is 5.44 Å². The molecule has 1 aliphatic heterocycles. The van der Waals surface area contributed by atoms with Crippen molar-refractivity contribution in [3.8, 4) is 5.75 Å². The molecule has 0 aromatic heterocycles. The fourth-order valence-corrected chi connectivity index (χ4v) is 2.99. The second-order valence-corrected chi connectivity index (χ2v) is 6.64. The number of benzene rings is 1. The van der Waals surface area contributed by atoms with Crippen molar-refractivity contribution in [3.63, 3.8) is 0 Å². The molecule has 0 saturated carbocycles. The molecule has 2 nitrogen and oxygen atoms in total. The summed E-state index contributed by atoms with van der Waals surface area (Å²) in [7, 11) is 8.70. The van der Waals surface area contributed by atoms with Crippen LogP contribution >= 0.6 is 0 Å². The first kappa shape index (κ1) is 15.5. The highest BCUT2D eigenvalue weighted by molar-refractivity contribution is 6.49. The van der Waals surface area contributed by atoms with E-state index in [1.54, 1.807) is 7.85 Å². The van der Waals surface area contributed by atoms with Crippen molar-refractivity contribution in [1.29, 1.82) is 0 Å². The molecule has 2 atom stereocenters. The Hall–Kier alpha value is -0.905. The Balaban J connectivity index is 2.48. The van der Waals surface area contributed by atoms with E-state index in [1.165, 1.54) is 7.85 Å². The Kier molecular flexibility index (Phi) is 3.32. The van der Waals surface area contributed by atoms with Crippen LogP contribution in [-0.4, -0.2) is 55.5 Å². The topological polar surface area (TPSA) is 21.3 Å². The van der Waals surface area contributed by atoms with Crippen molar-refractivity contribution in [2.75, 3.05) is 0 Å². The minimum Gasteiger partial charge on any atom is -0.489 e. The molecule has 10 heteroatoms. The van der Waals surface area contributed by atoms with E-state index >= 15 is 0 Å². The van der Waals surface area contributed by atoms with Crippen LogP contribution < -0.4 is 15.5 Å². The smallest absolute Gasteiger partial charge is 0.203 e. The van der Waals surface area contributed by atoms with Crippen LogP contribution in [0.15, 0.2) is 6.07 Å². The largest absolute Gasteiger partial charge is 0.489 e.